The van der Waals surface area contributed by atoms with Crippen LogP contribution in [0.15, 0.2) is 0 Å². The van der Waals surface area contributed by atoms with E-state index in [9.17, 15) is 0 Å². The van der Waals surface area contributed by atoms with Gasteiger partial charge in [-0.3, -0.25) is 0 Å². The second-order valence-electron chi connectivity index (χ2n) is 0. The van der Waals surface area contributed by atoms with E-state index in [2.05, 4.69) is 9.69 Å². The van der Waals surface area contributed by atoms with Crippen LogP contribution >= 0.6 is 9.69 Å². The van der Waals surface area contributed by atoms with E-state index in [1.807, 2.05) is 17.3 Å². The molecule has 0 aliphatic heterocycles. The molecule has 5 nitrogen and oxygen atoms in total. The van der Waals surface area contributed by atoms with Crippen molar-refractivity contribution in [2.24, 2.45) is 0 Å². The van der Waals surface area contributed by atoms with Crippen molar-refractivity contribution in [3.8, 4) is 0 Å². The first-order valence-corrected chi connectivity index (χ1v) is 2.37. The van der Waals surface area contributed by atoms with Crippen LogP contribution in [0, 0.1) is 0 Å². The van der Waals surface area contributed by atoms with Gasteiger partial charge in [-0.15, -0.1) is 0 Å². The maximum atomic E-state index is 4.57. The molecule has 0 aromatic heterocycles. The molecule has 8 heavy (non-hydrogen) atoms. The summed E-state index contributed by atoms with van der Waals surface area (Å²) in [5, 5.41) is 0. The van der Waals surface area contributed by atoms with Gasteiger partial charge in [-0.05, 0) is 0 Å². The Morgan fingerprint density at radius 3 is 0.750 bits per heavy atom. The maximum Gasteiger partial charge on any atom is 1.00 e. The van der Waals surface area contributed by atoms with Gasteiger partial charge in [-0.25, -0.2) is 0 Å². The van der Waals surface area contributed by atoms with E-state index >= 15 is 0 Å². The largest absolute Gasteiger partial charge is 1.00 e. The van der Waals surface area contributed by atoms with Gasteiger partial charge in [0.05, 0.1) is 0 Å². The van der Waals surface area contributed by atoms with Crippen LogP contribution in [-0.4, -0.2) is 27.4 Å². The Balaban J connectivity index is -0.000000000238. The van der Waals surface area contributed by atoms with Crippen molar-refractivity contribution >= 4 is 9.69 Å². The molecule has 0 radical (unpaired) electrons. The van der Waals surface area contributed by atoms with Crippen LogP contribution < -0.4 is 51.4 Å². The Kier molecular flexibility index (Phi) is 1190. The van der Waals surface area contributed by atoms with Crippen molar-refractivity contribution in [3.05, 3.63) is 0 Å². The monoisotopic (exact) mass is 267 g/mol. The minimum Gasteiger partial charge on any atom is -1.00 e. The normalized spacial score (nSPS) is 0.750. The third-order valence-corrected chi connectivity index (χ3v) is 0. The molecule has 0 heterocycles. The topological polar surface area (TPSA) is 158 Å². The number of hydrogen-bond acceptors (Lipinski definition) is 0. The molecular weight excluding hydrogens is 256 g/mol. The molecule has 0 saturated carbocycles. The maximum absolute atomic E-state index is 4.57. The van der Waals surface area contributed by atoms with E-state index in [4.69, 9.17) is 0 Å². The molecule has 0 bridgehead atoms. The summed E-state index contributed by atoms with van der Waals surface area (Å²) in [7, 11) is 4.57. The average Bonchev–Trinajstić information content (AvgIpc) is 1.00. The van der Waals surface area contributed by atoms with Crippen molar-refractivity contribution in [2.45, 2.75) is 0 Å². The van der Waals surface area contributed by atoms with E-state index in [1.54, 1.807) is 0 Å². The first-order chi connectivity index (χ1) is 1.00. The molecular formula is H11ClKO5Ru. The first-order valence-electron chi connectivity index (χ1n) is 0.134. The predicted molar refractivity (Wildman–Crippen MR) is 25.0 cm³/mol. The van der Waals surface area contributed by atoms with E-state index in [0.717, 1.165) is 0 Å². The minimum absolute atomic E-state index is 0. The van der Waals surface area contributed by atoms with Gasteiger partial charge >= 0.3 is 78.4 Å². The molecule has 0 aliphatic rings. The molecule has 0 spiro atoms. The minimum atomic E-state index is 0. The van der Waals surface area contributed by atoms with Crippen LogP contribution in [0.5, 0.6) is 0 Å². The van der Waals surface area contributed by atoms with Crippen LogP contribution in [-0.2, 0) is 17.3 Å². The summed E-state index contributed by atoms with van der Waals surface area (Å²) in [4.78, 5) is 0. The second-order valence-corrected chi connectivity index (χ2v) is 0. The first kappa shape index (κ1) is 80.6. The zero-order valence-electron chi connectivity index (χ0n) is 5.23. The molecule has 0 aromatic rings. The standard InChI is InChI=1S/ClH.K.5H2O.Ru.H/h1H;;5*1H2;;/q;+1;;;;;;+1;-1/p-1. The van der Waals surface area contributed by atoms with E-state index < -0.39 is 0 Å². The third-order valence-electron chi connectivity index (χ3n) is 0. The van der Waals surface area contributed by atoms with Crippen LogP contribution in [0.3, 0.4) is 0 Å². The van der Waals surface area contributed by atoms with Gasteiger partial charge < -0.3 is 28.8 Å². The molecule has 0 rings (SSSR count). The fourth-order valence-electron chi connectivity index (χ4n) is 0. The molecule has 10 N–H and O–H groups in total. The summed E-state index contributed by atoms with van der Waals surface area (Å²) in [5.74, 6) is 0. The molecule has 0 amide bonds. The predicted octanol–water partition coefficient (Wildman–Crippen LogP) is -6.32. The smallest absolute Gasteiger partial charge is 1.00 e. The van der Waals surface area contributed by atoms with E-state index in [1.165, 1.54) is 0 Å². The third kappa shape index (κ3) is 81.7. The Bertz CT molecular complexity index is 16.9. The zero-order chi connectivity index (χ0) is 2.00. The molecule has 0 aromatic carbocycles. The molecule has 0 fully saturated rings. The van der Waals surface area contributed by atoms with Crippen molar-refractivity contribution in [3.63, 3.8) is 0 Å². The van der Waals surface area contributed by atoms with Gasteiger partial charge in [-0.2, -0.15) is 0 Å². The van der Waals surface area contributed by atoms with Gasteiger partial charge in [0.25, 0.3) is 0 Å². The Labute approximate surface area is 105 Å². The average molecular weight is 267 g/mol. The number of rotatable bonds is 0. The van der Waals surface area contributed by atoms with E-state index in [0.29, 0.717) is 0 Å². The number of halogens is 1. The summed E-state index contributed by atoms with van der Waals surface area (Å²) in [6, 6.07) is 0. The number of hydrogen-bond donors (Lipinski definition) is 0. The molecule has 57 valence electrons. The fourth-order valence-corrected chi connectivity index (χ4v) is 0. The second kappa shape index (κ2) is 118. The molecule has 0 saturated heterocycles. The Hall–Kier alpha value is 2.35. The fraction of sp³-hybridized carbons (Fsp3) is 0. The molecule has 0 unspecified atom stereocenters. The van der Waals surface area contributed by atoms with Gasteiger partial charge in [0.2, 0.25) is 0 Å². The SMILES string of the molecule is O.O.O.O.O.[Cl][Ru].[H-].[K+]. The van der Waals surface area contributed by atoms with Crippen molar-refractivity contribution in [1.29, 1.82) is 0 Å². The van der Waals surface area contributed by atoms with Crippen molar-refractivity contribution in [2.75, 3.05) is 0 Å². The summed E-state index contributed by atoms with van der Waals surface area (Å²) in [6.07, 6.45) is 0. The summed E-state index contributed by atoms with van der Waals surface area (Å²) >= 11 is 1.82. The van der Waals surface area contributed by atoms with Gasteiger partial charge in [0, 0.05) is 0 Å². The van der Waals surface area contributed by atoms with Gasteiger partial charge in [-0.1, -0.05) is 0 Å². The summed E-state index contributed by atoms with van der Waals surface area (Å²) < 4.78 is 0. The summed E-state index contributed by atoms with van der Waals surface area (Å²) in [6.45, 7) is 0. The Morgan fingerprint density at radius 2 is 0.750 bits per heavy atom. The van der Waals surface area contributed by atoms with Crippen LogP contribution in [0.4, 0.5) is 0 Å². The Morgan fingerprint density at radius 1 is 0.750 bits per heavy atom. The summed E-state index contributed by atoms with van der Waals surface area (Å²) in [5.41, 5.74) is 0. The zero-order valence-corrected chi connectivity index (χ0v) is 9.85. The van der Waals surface area contributed by atoms with Crippen molar-refractivity contribution < 1.29 is 97.5 Å². The van der Waals surface area contributed by atoms with Gasteiger partial charge in [0.15, 0.2) is 0 Å². The molecule has 0 aliphatic carbocycles. The van der Waals surface area contributed by atoms with Crippen LogP contribution in [0.25, 0.3) is 0 Å². The van der Waals surface area contributed by atoms with Crippen LogP contribution in [0.1, 0.15) is 1.43 Å². The van der Waals surface area contributed by atoms with Crippen LogP contribution in [0.2, 0.25) is 0 Å². The van der Waals surface area contributed by atoms with Gasteiger partial charge in [0.1, 0.15) is 0 Å². The van der Waals surface area contributed by atoms with E-state index in [-0.39, 0.29) is 80.2 Å². The van der Waals surface area contributed by atoms with Crippen molar-refractivity contribution in [1.82, 2.24) is 0 Å². The molecule has 0 atom stereocenters. The molecule has 8 heteroatoms. The quantitative estimate of drug-likeness (QED) is 0.382.